The molecule has 0 fully saturated rings. The summed E-state index contributed by atoms with van der Waals surface area (Å²) < 4.78 is 37.6. The third kappa shape index (κ3) is 3.05. The number of halogens is 2. The summed E-state index contributed by atoms with van der Waals surface area (Å²) in [5.41, 5.74) is 6.06. The van der Waals surface area contributed by atoms with Crippen molar-refractivity contribution in [1.29, 1.82) is 0 Å². The van der Waals surface area contributed by atoms with Crippen LogP contribution in [0.15, 0.2) is 47.4 Å². The highest BCUT2D eigenvalue weighted by Gasteiger charge is 2.20. The predicted molar refractivity (Wildman–Crippen MR) is 73.2 cm³/mol. The van der Waals surface area contributed by atoms with Crippen LogP contribution in [0.2, 0.25) is 5.02 Å². The summed E-state index contributed by atoms with van der Waals surface area (Å²) in [6.07, 6.45) is 0. The van der Waals surface area contributed by atoms with Gasteiger partial charge in [-0.3, -0.25) is 0 Å². The number of nitrogen functional groups attached to an aromatic ring is 1. The molecule has 0 bridgehead atoms. The first-order valence-electron chi connectivity index (χ1n) is 5.41. The third-order valence-corrected chi connectivity index (χ3v) is 4.70. The molecule has 2 aromatic rings. The van der Waals surface area contributed by atoms with Crippen LogP contribution < -0.4 is 5.73 Å². The standard InChI is InChI=1S/C13H11ClFNO2S/c14-11-4-2-1-3-9(11)8-19(17,18)13-7-10(15)5-6-12(13)16/h1-7H,8,16H2. The zero-order valence-electron chi connectivity index (χ0n) is 9.81. The Labute approximate surface area is 115 Å². The summed E-state index contributed by atoms with van der Waals surface area (Å²) in [4.78, 5) is -0.215. The van der Waals surface area contributed by atoms with Gasteiger partial charge in [-0.25, -0.2) is 12.8 Å². The first-order chi connectivity index (χ1) is 8.90. The van der Waals surface area contributed by atoms with Gasteiger partial charge in [-0.05, 0) is 29.8 Å². The van der Waals surface area contributed by atoms with Crippen LogP contribution >= 0.6 is 11.6 Å². The van der Waals surface area contributed by atoms with E-state index in [1.807, 2.05) is 0 Å². The molecule has 0 amide bonds. The van der Waals surface area contributed by atoms with E-state index in [4.69, 9.17) is 17.3 Å². The second-order valence-electron chi connectivity index (χ2n) is 4.03. The zero-order chi connectivity index (χ0) is 14.0. The molecule has 0 aliphatic rings. The Hall–Kier alpha value is -1.59. The van der Waals surface area contributed by atoms with Gasteiger partial charge in [0.1, 0.15) is 5.82 Å². The minimum absolute atomic E-state index is 0.0217. The molecule has 2 aromatic carbocycles. The summed E-state index contributed by atoms with van der Waals surface area (Å²) in [5, 5.41) is 0.348. The van der Waals surface area contributed by atoms with E-state index in [1.54, 1.807) is 24.3 Å². The summed E-state index contributed by atoms with van der Waals surface area (Å²) in [5.74, 6) is -0.965. The maximum absolute atomic E-state index is 13.1. The number of hydrogen-bond acceptors (Lipinski definition) is 3. The zero-order valence-corrected chi connectivity index (χ0v) is 11.4. The Morgan fingerprint density at radius 1 is 1.16 bits per heavy atom. The molecule has 0 atom stereocenters. The molecule has 0 aliphatic heterocycles. The van der Waals surface area contributed by atoms with Crippen molar-refractivity contribution in [3.63, 3.8) is 0 Å². The fourth-order valence-corrected chi connectivity index (χ4v) is 3.49. The van der Waals surface area contributed by atoms with Crippen molar-refractivity contribution in [2.75, 3.05) is 5.73 Å². The number of sulfone groups is 1. The van der Waals surface area contributed by atoms with Crippen LogP contribution in [-0.4, -0.2) is 8.42 Å². The third-order valence-electron chi connectivity index (χ3n) is 2.61. The van der Waals surface area contributed by atoms with E-state index in [-0.39, 0.29) is 16.3 Å². The molecule has 0 spiro atoms. The molecule has 19 heavy (non-hydrogen) atoms. The number of rotatable bonds is 3. The van der Waals surface area contributed by atoms with Crippen molar-refractivity contribution < 1.29 is 12.8 Å². The molecular formula is C13H11ClFNO2S. The van der Waals surface area contributed by atoms with Gasteiger partial charge in [0.15, 0.2) is 9.84 Å². The largest absolute Gasteiger partial charge is 0.398 e. The van der Waals surface area contributed by atoms with Crippen LogP contribution in [-0.2, 0) is 15.6 Å². The summed E-state index contributed by atoms with van der Waals surface area (Å²) >= 11 is 5.92. The van der Waals surface area contributed by atoms with E-state index in [0.29, 0.717) is 10.6 Å². The fraction of sp³-hybridized carbons (Fsp3) is 0.0769. The molecule has 0 aliphatic carbocycles. The van der Waals surface area contributed by atoms with Crippen LogP contribution in [0.5, 0.6) is 0 Å². The SMILES string of the molecule is Nc1ccc(F)cc1S(=O)(=O)Cc1ccccc1Cl. The molecule has 0 saturated heterocycles. The van der Waals surface area contributed by atoms with Gasteiger partial charge >= 0.3 is 0 Å². The van der Waals surface area contributed by atoms with Gasteiger partial charge in [-0.2, -0.15) is 0 Å². The minimum atomic E-state index is -3.74. The Morgan fingerprint density at radius 3 is 2.53 bits per heavy atom. The highest BCUT2D eigenvalue weighted by Crippen LogP contribution is 2.26. The second-order valence-corrected chi connectivity index (χ2v) is 6.40. The van der Waals surface area contributed by atoms with Gasteiger partial charge in [-0.15, -0.1) is 0 Å². The molecule has 0 radical (unpaired) electrons. The molecule has 3 nitrogen and oxygen atoms in total. The lowest BCUT2D eigenvalue weighted by Gasteiger charge is -2.08. The Morgan fingerprint density at radius 2 is 1.84 bits per heavy atom. The number of benzene rings is 2. The summed E-state index contributed by atoms with van der Waals surface area (Å²) in [7, 11) is -3.74. The molecule has 0 heterocycles. The molecule has 2 N–H and O–H groups in total. The van der Waals surface area contributed by atoms with Gasteiger partial charge in [0.2, 0.25) is 0 Å². The molecule has 0 saturated carbocycles. The Bertz CT molecular complexity index is 716. The normalized spacial score (nSPS) is 11.5. The maximum Gasteiger partial charge on any atom is 0.184 e. The van der Waals surface area contributed by atoms with Crippen LogP contribution in [0.25, 0.3) is 0 Å². The van der Waals surface area contributed by atoms with E-state index in [0.717, 1.165) is 12.1 Å². The van der Waals surface area contributed by atoms with Crippen molar-refractivity contribution >= 4 is 27.1 Å². The maximum atomic E-state index is 13.1. The van der Waals surface area contributed by atoms with E-state index in [1.165, 1.54) is 6.07 Å². The molecule has 6 heteroatoms. The first kappa shape index (κ1) is 13.8. The van der Waals surface area contributed by atoms with Crippen molar-refractivity contribution in [3.8, 4) is 0 Å². The summed E-state index contributed by atoms with van der Waals surface area (Å²) in [6, 6.07) is 9.86. The fourth-order valence-electron chi connectivity index (χ4n) is 1.68. The van der Waals surface area contributed by atoms with Crippen LogP contribution in [0.3, 0.4) is 0 Å². The monoisotopic (exact) mass is 299 g/mol. The van der Waals surface area contributed by atoms with E-state index in [9.17, 15) is 12.8 Å². The van der Waals surface area contributed by atoms with Crippen molar-refractivity contribution in [2.45, 2.75) is 10.6 Å². The van der Waals surface area contributed by atoms with Gasteiger partial charge in [-0.1, -0.05) is 29.8 Å². The smallest absolute Gasteiger partial charge is 0.184 e. The number of hydrogen-bond donors (Lipinski definition) is 1. The highest BCUT2D eigenvalue weighted by molar-refractivity contribution is 7.90. The van der Waals surface area contributed by atoms with E-state index in [2.05, 4.69) is 0 Å². The van der Waals surface area contributed by atoms with Crippen LogP contribution in [0, 0.1) is 5.82 Å². The Balaban J connectivity index is 2.44. The van der Waals surface area contributed by atoms with Crippen molar-refractivity contribution in [1.82, 2.24) is 0 Å². The topological polar surface area (TPSA) is 60.2 Å². The number of anilines is 1. The minimum Gasteiger partial charge on any atom is -0.398 e. The summed E-state index contributed by atoms with van der Waals surface area (Å²) in [6.45, 7) is 0. The predicted octanol–water partition coefficient (Wildman–Crippen LogP) is 3.04. The average Bonchev–Trinajstić information content (AvgIpc) is 2.35. The Kier molecular flexibility index (Phi) is 3.78. The second kappa shape index (κ2) is 5.19. The highest BCUT2D eigenvalue weighted by atomic mass is 35.5. The molecule has 100 valence electrons. The van der Waals surface area contributed by atoms with Gasteiger partial charge in [0.25, 0.3) is 0 Å². The lowest BCUT2D eigenvalue weighted by molar-refractivity contribution is 0.590. The average molecular weight is 300 g/mol. The van der Waals surface area contributed by atoms with Crippen LogP contribution in [0.1, 0.15) is 5.56 Å². The number of nitrogens with two attached hydrogens (primary N) is 1. The lowest BCUT2D eigenvalue weighted by atomic mass is 10.2. The van der Waals surface area contributed by atoms with E-state index < -0.39 is 15.7 Å². The molecule has 2 rings (SSSR count). The van der Waals surface area contributed by atoms with Gasteiger partial charge < -0.3 is 5.73 Å². The molecular weight excluding hydrogens is 289 g/mol. The van der Waals surface area contributed by atoms with Gasteiger partial charge in [0, 0.05) is 5.02 Å². The van der Waals surface area contributed by atoms with Crippen LogP contribution in [0.4, 0.5) is 10.1 Å². The van der Waals surface area contributed by atoms with Crippen molar-refractivity contribution in [2.24, 2.45) is 0 Å². The van der Waals surface area contributed by atoms with Gasteiger partial charge in [0.05, 0.1) is 16.3 Å². The van der Waals surface area contributed by atoms with E-state index >= 15 is 0 Å². The van der Waals surface area contributed by atoms with Crippen molar-refractivity contribution in [3.05, 3.63) is 58.9 Å². The molecule has 0 aromatic heterocycles. The first-order valence-corrected chi connectivity index (χ1v) is 7.44. The quantitative estimate of drug-likeness (QED) is 0.886. The lowest BCUT2D eigenvalue weighted by Crippen LogP contribution is -2.08. The molecule has 0 unspecified atom stereocenters.